The van der Waals surface area contributed by atoms with Gasteiger partial charge in [0.15, 0.2) is 6.10 Å². The zero-order valence-corrected chi connectivity index (χ0v) is 32.4. The van der Waals surface area contributed by atoms with Gasteiger partial charge in [0.2, 0.25) is 0 Å². The quantitative estimate of drug-likeness (QED) is 0.0287. The molecule has 0 aliphatic rings. The zero-order valence-electron chi connectivity index (χ0n) is 31.5. The SMILES string of the molecule is CC/C=C\C/C=C\C/C=C\CCCCCCCCCC(=O)OC(COC(=O)CCCCCCC/C=C\C/C=C\CCCCC)COP(=O)(O)O. The van der Waals surface area contributed by atoms with Crippen LogP contribution in [0.5, 0.6) is 0 Å². The highest BCUT2D eigenvalue weighted by molar-refractivity contribution is 7.46. The first-order valence-corrected chi connectivity index (χ1v) is 21.1. The highest BCUT2D eigenvalue weighted by Crippen LogP contribution is 2.36. The number of carbonyl (C=O) groups is 2. The fourth-order valence-electron chi connectivity index (χ4n) is 5.12. The number of carbonyl (C=O) groups excluding carboxylic acids is 2. The highest BCUT2D eigenvalue weighted by atomic mass is 31.2. The maximum atomic E-state index is 12.4. The van der Waals surface area contributed by atoms with E-state index in [0.717, 1.165) is 83.5 Å². The highest BCUT2D eigenvalue weighted by Gasteiger charge is 2.22. The van der Waals surface area contributed by atoms with Gasteiger partial charge in [0.1, 0.15) is 6.61 Å². The van der Waals surface area contributed by atoms with Crippen molar-refractivity contribution in [2.75, 3.05) is 13.2 Å². The summed E-state index contributed by atoms with van der Waals surface area (Å²) in [7, 11) is -4.76. The molecule has 0 rings (SSSR count). The van der Waals surface area contributed by atoms with E-state index < -0.39 is 32.5 Å². The number of hydrogen-bond acceptors (Lipinski definition) is 6. The van der Waals surface area contributed by atoms with Crippen molar-refractivity contribution in [1.29, 1.82) is 0 Å². The van der Waals surface area contributed by atoms with E-state index in [-0.39, 0.29) is 19.4 Å². The minimum atomic E-state index is -4.76. The van der Waals surface area contributed by atoms with E-state index in [1.807, 2.05) is 0 Å². The normalized spacial score (nSPS) is 13.1. The number of phosphoric acid groups is 1. The molecule has 0 aliphatic heterocycles. The van der Waals surface area contributed by atoms with Gasteiger partial charge >= 0.3 is 19.8 Å². The van der Waals surface area contributed by atoms with Crippen molar-refractivity contribution in [2.24, 2.45) is 0 Å². The molecule has 0 radical (unpaired) electrons. The molecule has 0 saturated heterocycles. The van der Waals surface area contributed by atoms with E-state index in [2.05, 4.69) is 79.1 Å². The molecule has 50 heavy (non-hydrogen) atoms. The Morgan fingerprint density at radius 1 is 0.540 bits per heavy atom. The van der Waals surface area contributed by atoms with Crippen molar-refractivity contribution in [3.05, 3.63) is 60.8 Å². The molecule has 8 nitrogen and oxygen atoms in total. The van der Waals surface area contributed by atoms with Crippen molar-refractivity contribution < 1.29 is 37.9 Å². The third-order valence-electron chi connectivity index (χ3n) is 8.02. The molecule has 1 atom stereocenters. The topological polar surface area (TPSA) is 119 Å². The molecule has 0 aromatic rings. The van der Waals surface area contributed by atoms with Crippen LogP contribution in [0.1, 0.15) is 168 Å². The Labute approximate surface area is 305 Å². The van der Waals surface area contributed by atoms with Crippen LogP contribution in [0.2, 0.25) is 0 Å². The molecule has 288 valence electrons. The first-order valence-electron chi connectivity index (χ1n) is 19.6. The zero-order chi connectivity index (χ0) is 36.8. The molecule has 0 aliphatic carbocycles. The van der Waals surface area contributed by atoms with E-state index >= 15 is 0 Å². The van der Waals surface area contributed by atoms with Gasteiger partial charge in [0, 0.05) is 12.8 Å². The van der Waals surface area contributed by atoms with E-state index in [9.17, 15) is 14.2 Å². The Morgan fingerprint density at radius 2 is 0.960 bits per heavy atom. The van der Waals surface area contributed by atoms with Crippen LogP contribution >= 0.6 is 7.82 Å². The lowest BCUT2D eigenvalue weighted by molar-refractivity contribution is -0.161. The largest absolute Gasteiger partial charge is 0.469 e. The monoisotopic (exact) mass is 722 g/mol. The molecule has 0 heterocycles. The van der Waals surface area contributed by atoms with Gasteiger partial charge in [-0.05, 0) is 77.0 Å². The number of phosphoric ester groups is 1. The van der Waals surface area contributed by atoms with Gasteiger partial charge in [-0.25, -0.2) is 4.57 Å². The van der Waals surface area contributed by atoms with Crippen LogP contribution in [-0.2, 0) is 28.2 Å². The molecule has 9 heteroatoms. The second-order valence-electron chi connectivity index (χ2n) is 12.9. The van der Waals surface area contributed by atoms with Crippen molar-refractivity contribution >= 4 is 19.8 Å². The van der Waals surface area contributed by atoms with Gasteiger partial charge in [0.05, 0.1) is 6.61 Å². The Morgan fingerprint density at radius 3 is 1.44 bits per heavy atom. The van der Waals surface area contributed by atoms with Crippen LogP contribution in [0.4, 0.5) is 0 Å². The fraction of sp³-hybridized carbons (Fsp3) is 0.707. The second kappa shape index (κ2) is 36.5. The summed E-state index contributed by atoms with van der Waals surface area (Å²) < 4.78 is 26.3. The third kappa shape index (κ3) is 38.6. The summed E-state index contributed by atoms with van der Waals surface area (Å²) in [6.45, 7) is 3.52. The van der Waals surface area contributed by atoms with Crippen LogP contribution in [0, 0.1) is 0 Å². The number of hydrogen-bond donors (Lipinski definition) is 2. The third-order valence-corrected chi connectivity index (χ3v) is 8.51. The predicted octanol–water partition coefficient (Wildman–Crippen LogP) is 11.7. The Kier molecular flexibility index (Phi) is 34.9. The maximum absolute atomic E-state index is 12.4. The van der Waals surface area contributed by atoms with Gasteiger partial charge in [-0.3, -0.25) is 14.1 Å². The van der Waals surface area contributed by atoms with Crippen molar-refractivity contribution in [3.63, 3.8) is 0 Å². The lowest BCUT2D eigenvalue weighted by atomic mass is 10.1. The van der Waals surface area contributed by atoms with E-state index in [0.29, 0.717) is 12.8 Å². The number of allylic oxidation sites excluding steroid dienone is 10. The van der Waals surface area contributed by atoms with Gasteiger partial charge in [0.25, 0.3) is 0 Å². The number of ether oxygens (including phenoxy) is 2. The van der Waals surface area contributed by atoms with Crippen LogP contribution in [0.15, 0.2) is 60.8 Å². The molecular weight excluding hydrogens is 651 g/mol. The predicted molar refractivity (Wildman–Crippen MR) is 207 cm³/mol. The molecule has 0 aromatic carbocycles. The second-order valence-corrected chi connectivity index (χ2v) is 14.1. The van der Waals surface area contributed by atoms with Crippen molar-refractivity contribution in [1.82, 2.24) is 0 Å². The fourth-order valence-corrected chi connectivity index (χ4v) is 5.48. The van der Waals surface area contributed by atoms with Gasteiger partial charge in [-0.2, -0.15) is 0 Å². The molecule has 0 bridgehead atoms. The molecule has 0 fully saturated rings. The van der Waals surface area contributed by atoms with Crippen LogP contribution < -0.4 is 0 Å². The standard InChI is InChI=1S/C41H71O8P/c1-3-5-7-9-11-13-15-17-19-20-22-24-26-28-30-32-34-36-41(43)49-39(38-48-50(44,45)46)37-47-40(42)35-33-31-29-27-25-23-21-18-16-14-12-10-8-6-4-2/h5,7,11-14,17-19,21,39H,3-4,6,8-10,15-16,20,22-38H2,1-2H3,(H2,44,45,46)/b7-5-,13-11-,14-12-,19-17-,21-18-. The number of unbranched alkanes of at least 4 members (excludes halogenated alkanes) is 15. The summed E-state index contributed by atoms with van der Waals surface area (Å²) >= 11 is 0. The summed E-state index contributed by atoms with van der Waals surface area (Å²) in [6, 6.07) is 0. The molecule has 0 saturated carbocycles. The van der Waals surface area contributed by atoms with E-state index in [4.69, 9.17) is 19.3 Å². The van der Waals surface area contributed by atoms with Crippen LogP contribution in [-0.4, -0.2) is 41.0 Å². The molecule has 0 aromatic heterocycles. The molecule has 0 amide bonds. The number of rotatable bonds is 35. The van der Waals surface area contributed by atoms with Crippen LogP contribution in [0.25, 0.3) is 0 Å². The Hall–Kier alpha value is -2.25. The average molecular weight is 723 g/mol. The summed E-state index contributed by atoms with van der Waals surface area (Å²) in [5, 5.41) is 0. The lowest BCUT2D eigenvalue weighted by Crippen LogP contribution is -2.29. The summed E-state index contributed by atoms with van der Waals surface area (Å²) in [4.78, 5) is 42.8. The lowest BCUT2D eigenvalue weighted by Gasteiger charge is -2.18. The Balaban J connectivity index is 4.00. The van der Waals surface area contributed by atoms with Gasteiger partial charge in [-0.15, -0.1) is 0 Å². The molecule has 0 spiro atoms. The minimum absolute atomic E-state index is 0.195. The average Bonchev–Trinajstić information content (AvgIpc) is 3.08. The first kappa shape index (κ1) is 47.8. The summed E-state index contributed by atoms with van der Waals surface area (Å²) in [5.74, 6) is -0.916. The summed E-state index contributed by atoms with van der Waals surface area (Å²) in [6.07, 6.45) is 45.0. The van der Waals surface area contributed by atoms with E-state index in [1.54, 1.807) is 0 Å². The molecule has 2 N–H and O–H groups in total. The van der Waals surface area contributed by atoms with Crippen molar-refractivity contribution in [2.45, 2.75) is 174 Å². The Bertz CT molecular complexity index is 995. The molecular formula is C41H71O8P. The molecule has 1 unspecified atom stereocenters. The van der Waals surface area contributed by atoms with Gasteiger partial charge in [-0.1, -0.05) is 139 Å². The van der Waals surface area contributed by atoms with Crippen LogP contribution in [0.3, 0.4) is 0 Å². The minimum Gasteiger partial charge on any atom is -0.462 e. The number of esters is 2. The van der Waals surface area contributed by atoms with E-state index in [1.165, 1.54) is 44.9 Å². The smallest absolute Gasteiger partial charge is 0.462 e. The first-order chi connectivity index (χ1) is 24.3. The van der Waals surface area contributed by atoms with Gasteiger partial charge < -0.3 is 19.3 Å². The maximum Gasteiger partial charge on any atom is 0.469 e. The summed E-state index contributed by atoms with van der Waals surface area (Å²) in [5.41, 5.74) is 0. The van der Waals surface area contributed by atoms with Crippen molar-refractivity contribution in [3.8, 4) is 0 Å².